The highest BCUT2D eigenvalue weighted by molar-refractivity contribution is 5.95. The maximum atomic E-state index is 12.8. The molecule has 2 heterocycles. The van der Waals surface area contributed by atoms with Gasteiger partial charge < -0.3 is 9.63 Å². The van der Waals surface area contributed by atoms with Crippen LogP contribution < -0.4 is 0 Å². The maximum Gasteiger partial charge on any atom is 0.418 e. The van der Waals surface area contributed by atoms with E-state index in [1.165, 1.54) is 6.92 Å². The second-order valence-corrected chi connectivity index (χ2v) is 3.30. The van der Waals surface area contributed by atoms with Crippen LogP contribution in [0.3, 0.4) is 0 Å². The maximum absolute atomic E-state index is 12.8. The number of carbonyl (C=O) groups is 1. The molecule has 0 saturated heterocycles. The van der Waals surface area contributed by atoms with Gasteiger partial charge in [-0.2, -0.15) is 13.2 Å². The predicted molar refractivity (Wildman–Crippen MR) is 48.5 cm³/mol. The molecule has 0 unspecified atom stereocenters. The number of hydrogen-bond donors (Lipinski definition) is 1. The monoisotopic (exact) mass is 246 g/mol. The fourth-order valence-corrected chi connectivity index (χ4v) is 1.51. The van der Waals surface area contributed by atoms with Crippen LogP contribution in [0.2, 0.25) is 0 Å². The Labute approximate surface area is 91.8 Å². The molecule has 17 heavy (non-hydrogen) atoms. The molecular weight excluding hydrogens is 241 g/mol. The van der Waals surface area contributed by atoms with E-state index in [-0.39, 0.29) is 11.4 Å². The van der Waals surface area contributed by atoms with Crippen molar-refractivity contribution in [3.8, 4) is 0 Å². The van der Waals surface area contributed by atoms with Crippen molar-refractivity contribution in [3.63, 3.8) is 0 Å². The van der Waals surface area contributed by atoms with E-state index in [1.807, 2.05) is 0 Å². The van der Waals surface area contributed by atoms with Gasteiger partial charge in [-0.25, -0.2) is 9.78 Å². The van der Waals surface area contributed by atoms with Crippen LogP contribution in [0.1, 0.15) is 21.6 Å². The standard InChI is InChI=1S/C9H5F3N2O3/c1-3-5-6(9(10,11)12)4(8(15)16)2-13-7(5)17-14-3/h2H,1H3,(H,15,16). The minimum atomic E-state index is -4.81. The number of halogens is 3. The molecule has 0 radical (unpaired) electrons. The first-order valence-electron chi connectivity index (χ1n) is 4.38. The first-order valence-corrected chi connectivity index (χ1v) is 4.38. The summed E-state index contributed by atoms with van der Waals surface area (Å²) in [5.74, 6) is -1.70. The largest absolute Gasteiger partial charge is 0.478 e. The van der Waals surface area contributed by atoms with Gasteiger partial charge in [-0.3, -0.25) is 0 Å². The zero-order valence-corrected chi connectivity index (χ0v) is 8.37. The summed E-state index contributed by atoms with van der Waals surface area (Å²) in [5.41, 5.74) is -2.59. The van der Waals surface area contributed by atoms with Crippen LogP contribution in [-0.4, -0.2) is 21.2 Å². The van der Waals surface area contributed by atoms with Gasteiger partial charge in [-0.05, 0) is 6.92 Å². The molecule has 0 aliphatic rings. The molecule has 2 aromatic rings. The van der Waals surface area contributed by atoms with Crippen LogP contribution in [0.15, 0.2) is 10.7 Å². The number of aryl methyl sites for hydroxylation is 1. The normalized spacial score (nSPS) is 12.0. The fraction of sp³-hybridized carbons (Fsp3) is 0.222. The van der Waals surface area contributed by atoms with Crippen molar-refractivity contribution in [1.29, 1.82) is 0 Å². The van der Waals surface area contributed by atoms with Crippen LogP contribution in [0.25, 0.3) is 11.1 Å². The number of hydrogen-bond acceptors (Lipinski definition) is 4. The Hall–Kier alpha value is -2.12. The van der Waals surface area contributed by atoms with Gasteiger partial charge in [-0.15, -0.1) is 0 Å². The number of pyridine rings is 1. The highest BCUT2D eigenvalue weighted by atomic mass is 19.4. The second kappa shape index (κ2) is 3.44. The summed E-state index contributed by atoms with van der Waals surface area (Å²) < 4.78 is 43.1. The zero-order chi connectivity index (χ0) is 12.8. The van der Waals surface area contributed by atoms with Crippen molar-refractivity contribution in [2.75, 3.05) is 0 Å². The van der Waals surface area contributed by atoms with Crippen LogP contribution in [0.4, 0.5) is 13.2 Å². The van der Waals surface area contributed by atoms with Crippen molar-refractivity contribution < 1.29 is 27.6 Å². The van der Waals surface area contributed by atoms with Crippen LogP contribution in [0, 0.1) is 6.92 Å². The number of carboxylic acids is 1. The molecular formula is C9H5F3N2O3. The molecule has 5 nitrogen and oxygen atoms in total. The zero-order valence-electron chi connectivity index (χ0n) is 8.37. The predicted octanol–water partition coefficient (Wildman–Crippen LogP) is 2.25. The molecule has 1 N–H and O–H groups in total. The summed E-state index contributed by atoms with van der Waals surface area (Å²) in [5, 5.41) is 11.6. The first-order chi connectivity index (χ1) is 7.82. The van der Waals surface area contributed by atoms with Gasteiger partial charge in [0.15, 0.2) is 0 Å². The Bertz CT molecular complexity index is 603. The molecule has 2 aromatic heterocycles. The Morgan fingerprint density at radius 2 is 2.12 bits per heavy atom. The van der Waals surface area contributed by atoms with Gasteiger partial charge in [0.05, 0.1) is 22.2 Å². The topological polar surface area (TPSA) is 76.2 Å². The fourth-order valence-electron chi connectivity index (χ4n) is 1.51. The smallest absolute Gasteiger partial charge is 0.418 e. The Balaban J connectivity index is 2.94. The van der Waals surface area contributed by atoms with Gasteiger partial charge in [-0.1, -0.05) is 5.16 Å². The van der Waals surface area contributed by atoms with Crippen molar-refractivity contribution in [1.82, 2.24) is 10.1 Å². The molecule has 90 valence electrons. The van der Waals surface area contributed by atoms with Gasteiger partial charge >= 0.3 is 12.1 Å². The van der Waals surface area contributed by atoms with E-state index < -0.39 is 28.7 Å². The van der Waals surface area contributed by atoms with E-state index in [1.54, 1.807) is 0 Å². The van der Waals surface area contributed by atoms with E-state index in [0.717, 1.165) is 0 Å². The number of carboxylic acid groups (broad SMARTS) is 1. The third kappa shape index (κ3) is 1.71. The number of aromatic nitrogens is 2. The molecule has 0 aromatic carbocycles. The average Bonchev–Trinajstić information content (AvgIpc) is 2.57. The van der Waals surface area contributed by atoms with E-state index in [2.05, 4.69) is 14.7 Å². The number of nitrogens with zero attached hydrogens (tertiary/aromatic N) is 2. The summed E-state index contributed by atoms with van der Waals surface area (Å²) in [6.07, 6.45) is -4.21. The highest BCUT2D eigenvalue weighted by Gasteiger charge is 2.39. The van der Waals surface area contributed by atoms with Gasteiger partial charge in [0, 0.05) is 6.20 Å². The minimum Gasteiger partial charge on any atom is -0.478 e. The van der Waals surface area contributed by atoms with Crippen LogP contribution in [-0.2, 0) is 6.18 Å². The van der Waals surface area contributed by atoms with Crippen molar-refractivity contribution >= 4 is 17.1 Å². The summed E-state index contributed by atoms with van der Waals surface area (Å²) in [6, 6.07) is 0. The van der Waals surface area contributed by atoms with Crippen LogP contribution >= 0.6 is 0 Å². The van der Waals surface area contributed by atoms with E-state index in [0.29, 0.717) is 6.20 Å². The number of aromatic carboxylic acids is 1. The molecule has 2 rings (SSSR count). The van der Waals surface area contributed by atoms with E-state index >= 15 is 0 Å². The molecule has 0 saturated carbocycles. The molecule has 0 aliphatic heterocycles. The van der Waals surface area contributed by atoms with Gasteiger partial charge in [0.2, 0.25) is 0 Å². The molecule has 0 bridgehead atoms. The Kier molecular flexibility index (Phi) is 2.30. The van der Waals surface area contributed by atoms with Crippen molar-refractivity contribution in [3.05, 3.63) is 23.0 Å². The third-order valence-electron chi connectivity index (χ3n) is 2.19. The quantitative estimate of drug-likeness (QED) is 0.834. The Morgan fingerprint density at radius 3 is 2.65 bits per heavy atom. The summed E-state index contributed by atoms with van der Waals surface area (Å²) >= 11 is 0. The number of alkyl halides is 3. The molecule has 0 fully saturated rings. The van der Waals surface area contributed by atoms with Crippen LogP contribution in [0.5, 0.6) is 0 Å². The van der Waals surface area contributed by atoms with E-state index in [9.17, 15) is 18.0 Å². The summed E-state index contributed by atoms with van der Waals surface area (Å²) in [6.45, 7) is 1.29. The molecule has 0 atom stereocenters. The number of fused-ring (bicyclic) bond motifs is 1. The first kappa shape index (κ1) is 11.4. The van der Waals surface area contributed by atoms with Gasteiger partial charge in [0.25, 0.3) is 5.71 Å². The Morgan fingerprint density at radius 1 is 1.47 bits per heavy atom. The minimum absolute atomic E-state index is 0.0528. The third-order valence-corrected chi connectivity index (χ3v) is 2.19. The molecule has 0 aliphatic carbocycles. The number of rotatable bonds is 1. The SMILES string of the molecule is Cc1noc2ncc(C(=O)O)c(C(F)(F)F)c12. The second-order valence-electron chi connectivity index (χ2n) is 3.30. The average molecular weight is 246 g/mol. The molecule has 0 spiro atoms. The summed E-state index contributed by atoms with van der Waals surface area (Å²) in [7, 11) is 0. The van der Waals surface area contributed by atoms with E-state index in [4.69, 9.17) is 5.11 Å². The van der Waals surface area contributed by atoms with Gasteiger partial charge in [0.1, 0.15) is 0 Å². The molecule has 0 amide bonds. The lowest BCUT2D eigenvalue weighted by Gasteiger charge is -2.10. The summed E-state index contributed by atoms with van der Waals surface area (Å²) in [4.78, 5) is 14.2. The highest BCUT2D eigenvalue weighted by Crippen LogP contribution is 2.37. The van der Waals surface area contributed by atoms with Crippen molar-refractivity contribution in [2.45, 2.75) is 13.1 Å². The molecule has 8 heteroatoms. The lowest BCUT2D eigenvalue weighted by atomic mass is 10.1. The van der Waals surface area contributed by atoms with Crippen molar-refractivity contribution in [2.24, 2.45) is 0 Å². The lowest BCUT2D eigenvalue weighted by molar-refractivity contribution is -0.136. The lowest BCUT2D eigenvalue weighted by Crippen LogP contribution is -2.14.